The molecule has 1 amide bonds. The number of likely N-dealkylation sites (tertiary alicyclic amines) is 1. The number of nitrogens with zero attached hydrogens (tertiary/aromatic N) is 2. The van der Waals surface area contributed by atoms with Gasteiger partial charge in [-0.15, -0.1) is 0 Å². The fourth-order valence-corrected chi connectivity index (χ4v) is 7.35. The molecule has 0 radical (unpaired) electrons. The van der Waals surface area contributed by atoms with Crippen LogP contribution in [-0.4, -0.2) is 41.9 Å². The van der Waals surface area contributed by atoms with E-state index in [1.807, 2.05) is 17.0 Å². The first-order chi connectivity index (χ1) is 20.5. The Hall–Kier alpha value is -3.37. The lowest BCUT2D eigenvalue weighted by Gasteiger charge is -2.42. The Bertz CT molecular complexity index is 1630. The highest BCUT2D eigenvalue weighted by Crippen LogP contribution is 2.46. The predicted molar refractivity (Wildman–Crippen MR) is 177 cm³/mol. The molecule has 1 saturated heterocycles. The van der Waals surface area contributed by atoms with Crippen molar-refractivity contribution >= 4 is 16.7 Å². The Morgan fingerprint density at radius 1 is 0.930 bits per heavy atom. The Kier molecular flexibility index (Phi) is 8.02. The van der Waals surface area contributed by atoms with Gasteiger partial charge in [0.05, 0.1) is 0 Å². The minimum Gasteiger partial charge on any atom is -0.456 e. The van der Waals surface area contributed by atoms with Gasteiger partial charge in [-0.05, 0) is 120 Å². The van der Waals surface area contributed by atoms with Crippen molar-refractivity contribution in [2.45, 2.75) is 96.6 Å². The van der Waals surface area contributed by atoms with Crippen LogP contribution in [0.4, 0.5) is 0 Å². The van der Waals surface area contributed by atoms with Crippen molar-refractivity contribution in [1.29, 1.82) is 0 Å². The molecule has 0 N–H and O–H groups in total. The average molecular weight is 577 g/mol. The maximum atomic E-state index is 14.0. The molecule has 6 rings (SSSR count). The number of carbonyl (C=O) groups is 1. The molecule has 3 aromatic carbocycles. The van der Waals surface area contributed by atoms with E-state index in [4.69, 9.17) is 4.42 Å². The number of fused-ring (bicyclic) bond motifs is 2. The summed E-state index contributed by atoms with van der Waals surface area (Å²) in [7, 11) is 2.21. The van der Waals surface area contributed by atoms with E-state index in [0.29, 0.717) is 31.3 Å². The standard InChI is InChI=1S/C39H48N2O2/c1-27-22-34-35(39(4,5)19-18-38(34,2)3)25-31(27)24-33-15-16-36(43-33)37(42)41(21-17-32-12-9-20-40(32)6)26-28-13-14-29-10-7-8-11-30(29)23-28/h7-8,10-11,13-16,22-23,25,32H,9,12,17-21,24,26H2,1-6H3. The van der Waals surface area contributed by atoms with Gasteiger partial charge in [0.15, 0.2) is 5.76 Å². The quantitative estimate of drug-likeness (QED) is 0.210. The lowest BCUT2D eigenvalue weighted by atomic mass is 9.62. The topological polar surface area (TPSA) is 36.7 Å². The molecule has 4 heteroatoms. The van der Waals surface area contributed by atoms with Crippen molar-refractivity contribution in [3.05, 3.63) is 106 Å². The summed E-state index contributed by atoms with van der Waals surface area (Å²) in [5.41, 5.74) is 7.04. The summed E-state index contributed by atoms with van der Waals surface area (Å²) in [4.78, 5) is 18.4. The second-order valence-electron chi connectivity index (χ2n) is 14.5. The van der Waals surface area contributed by atoms with Crippen LogP contribution in [0.1, 0.15) is 104 Å². The Morgan fingerprint density at radius 2 is 1.65 bits per heavy atom. The monoisotopic (exact) mass is 576 g/mol. The molecule has 1 fully saturated rings. The molecular formula is C39H48N2O2. The van der Waals surface area contributed by atoms with Crippen LogP contribution in [0.15, 0.2) is 71.1 Å². The molecule has 1 aromatic heterocycles. The average Bonchev–Trinajstić information content (AvgIpc) is 3.62. The molecule has 0 bridgehead atoms. The minimum absolute atomic E-state index is 0.0231. The third-order valence-corrected chi connectivity index (χ3v) is 10.4. The first kappa shape index (κ1) is 29.7. The van der Waals surface area contributed by atoms with Gasteiger partial charge >= 0.3 is 0 Å². The van der Waals surface area contributed by atoms with Crippen molar-refractivity contribution < 1.29 is 9.21 Å². The number of hydrogen-bond donors (Lipinski definition) is 0. The molecule has 2 heterocycles. The molecule has 1 aliphatic carbocycles. The van der Waals surface area contributed by atoms with Gasteiger partial charge in [0.25, 0.3) is 5.91 Å². The molecule has 0 spiro atoms. The van der Waals surface area contributed by atoms with Gasteiger partial charge in [0, 0.05) is 25.6 Å². The fourth-order valence-electron chi connectivity index (χ4n) is 7.35. The minimum atomic E-state index is -0.0231. The van der Waals surface area contributed by atoms with Gasteiger partial charge in [0.2, 0.25) is 0 Å². The van der Waals surface area contributed by atoms with Crippen LogP contribution in [0, 0.1) is 6.92 Å². The summed E-state index contributed by atoms with van der Waals surface area (Å²) in [6.07, 6.45) is 6.51. The van der Waals surface area contributed by atoms with E-state index in [1.54, 1.807) is 0 Å². The molecular weight excluding hydrogens is 528 g/mol. The molecule has 226 valence electrons. The van der Waals surface area contributed by atoms with Crippen LogP contribution in [0.25, 0.3) is 10.8 Å². The smallest absolute Gasteiger partial charge is 0.289 e. The second kappa shape index (κ2) is 11.6. The van der Waals surface area contributed by atoms with Gasteiger partial charge in [-0.1, -0.05) is 76.2 Å². The number of aryl methyl sites for hydroxylation is 1. The van der Waals surface area contributed by atoms with Crippen molar-refractivity contribution in [3.63, 3.8) is 0 Å². The van der Waals surface area contributed by atoms with Crippen LogP contribution in [0.2, 0.25) is 0 Å². The van der Waals surface area contributed by atoms with Crippen LogP contribution in [0.5, 0.6) is 0 Å². The summed E-state index contributed by atoms with van der Waals surface area (Å²) in [5.74, 6) is 1.26. The Balaban J connectivity index is 1.24. The van der Waals surface area contributed by atoms with E-state index in [2.05, 4.69) is 101 Å². The van der Waals surface area contributed by atoms with Crippen LogP contribution in [-0.2, 0) is 23.8 Å². The normalized spacial score (nSPS) is 19.4. The highest BCUT2D eigenvalue weighted by molar-refractivity contribution is 5.91. The number of hydrogen-bond acceptors (Lipinski definition) is 3. The molecule has 1 aliphatic heterocycles. The van der Waals surface area contributed by atoms with E-state index < -0.39 is 0 Å². The van der Waals surface area contributed by atoms with E-state index in [-0.39, 0.29) is 16.7 Å². The zero-order valence-electron chi connectivity index (χ0n) is 27.0. The highest BCUT2D eigenvalue weighted by Gasteiger charge is 2.37. The third-order valence-electron chi connectivity index (χ3n) is 10.4. The van der Waals surface area contributed by atoms with Crippen LogP contribution >= 0.6 is 0 Å². The summed E-state index contributed by atoms with van der Waals surface area (Å²) in [5, 5.41) is 2.42. The van der Waals surface area contributed by atoms with E-state index in [9.17, 15) is 4.79 Å². The van der Waals surface area contributed by atoms with Crippen molar-refractivity contribution in [3.8, 4) is 0 Å². The molecule has 0 saturated carbocycles. The largest absolute Gasteiger partial charge is 0.456 e. The molecule has 43 heavy (non-hydrogen) atoms. The Morgan fingerprint density at radius 3 is 2.37 bits per heavy atom. The van der Waals surface area contributed by atoms with E-state index >= 15 is 0 Å². The summed E-state index contributed by atoms with van der Waals surface area (Å²) >= 11 is 0. The molecule has 4 aromatic rings. The first-order valence-corrected chi connectivity index (χ1v) is 16.2. The SMILES string of the molecule is Cc1cc2c(cc1Cc1ccc(C(=O)N(CCC3CCCN3C)Cc3ccc4ccccc4c3)o1)C(C)(C)CCC2(C)C. The number of furan rings is 1. The lowest BCUT2D eigenvalue weighted by molar-refractivity contribution is 0.0695. The zero-order chi connectivity index (χ0) is 30.4. The van der Waals surface area contributed by atoms with Crippen molar-refractivity contribution in [1.82, 2.24) is 9.80 Å². The van der Waals surface area contributed by atoms with Crippen molar-refractivity contribution in [2.75, 3.05) is 20.1 Å². The number of carbonyl (C=O) groups excluding carboxylic acids is 1. The van der Waals surface area contributed by atoms with Gasteiger partial charge < -0.3 is 14.2 Å². The van der Waals surface area contributed by atoms with Gasteiger partial charge in [-0.25, -0.2) is 0 Å². The molecule has 1 unspecified atom stereocenters. The predicted octanol–water partition coefficient (Wildman–Crippen LogP) is 8.81. The van der Waals surface area contributed by atoms with Gasteiger partial charge in [0.1, 0.15) is 5.76 Å². The Labute approximate surface area is 258 Å². The molecule has 4 nitrogen and oxygen atoms in total. The van der Waals surface area contributed by atoms with Crippen molar-refractivity contribution in [2.24, 2.45) is 0 Å². The zero-order valence-corrected chi connectivity index (χ0v) is 27.0. The first-order valence-electron chi connectivity index (χ1n) is 16.2. The van der Waals surface area contributed by atoms with Crippen LogP contribution in [0.3, 0.4) is 0 Å². The molecule has 2 aliphatic rings. The number of benzene rings is 3. The number of amides is 1. The maximum Gasteiger partial charge on any atom is 0.289 e. The second-order valence-corrected chi connectivity index (χ2v) is 14.5. The third kappa shape index (κ3) is 6.17. The van der Waals surface area contributed by atoms with Gasteiger partial charge in [-0.2, -0.15) is 0 Å². The fraction of sp³-hybridized carbons (Fsp3) is 0.462. The van der Waals surface area contributed by atoms with E-state index in [1.165, 1.54) is 58.7 Å². The summed E-state index contributed by atoms with van der Waals surface area (Å²) < 4.78 is 6.32. The molecule has 1 atom stereocenters. The number of rotatable bonds is 8. The highest BCUT2D eigenvalue weighted by atomic mass is 16.4. The van der Waals surface area contributed by atoms with Crippen LogP contribution < -0.4 is 0 Å². The summed E-state index contributed by atoms with van der Waals surface area (Å²) in [6.45, 7) is 14.1. The van der Waals surface area contributed by atoms with Gasteiger partial charge in [-0.3, -0.25) is 4.79 Å². The van der Waals surface area contributed by atoms with E-state index in [0.717, 1.165) is 24.3 Å². The summed E-state index contributed by atoms with van der Waals surface area (Å²) in [6, 6.07) is 24.2. The maximum absolute atomic E-state index is 14.0. The lowest BCUT2D eigenvalue weighted by Crippen LogP contribution is -2.35.